The maximum atomic E-state index is 4.83. The van der Waals surface area contributed by atoms with E-state index in [0.717, 1.165) is 39.6 Å². The summed E-state index contributed by atoms with van der Waals surface area (Å²) in [6, 6.07) is 0. The predicted molar refractivity (Wildman–Crippen MR) is 81.2 cm³/mol. The Morgan fingerprint density at radius 2 is 1.00 bits per heavy atom. The second-order valence-corrected chi connectivity index (χ2v) is 3.96. The van der Waals surface area contributed by atoms with Gasteiger partial charge in [0.05, 0.1) is 0 Å². The van der Waals surface area contributed by atoms with Crippen molar-refractivity contribution in [3.8, 4) is 0 Å². The molecule has 0 rings (SSSR count). The maximum absolute atomic E-state index is 4.83. The summed E-state index contributed by atoms with van der Waals surface area (Å²) in [6.07, 6.45) is 0. The van der Waals surface area contributed by atoms with Gasteiger partial charge in [0, 0.05) is 33.1 Å². The molecule has 0 fully saturated rings. The van der Waals surface area contributed by atoms with Crippen molar-refractivity contribution in [1.29, 1.82) is 0 Å². The highest BCUT2D eigenvalue weighted by Crippen LogP contribution is 1.80. The van der Waals surface area contributed by atoms with Gasteiger partial charge in [-0.3, -0.25) is 9.80 Å². The van der Waals surface area contributed by atoms with Crippen molar-refractivity contribution < 1.29 is 9.47 Å². The van der Waals surface area contributed by atoms with E-state index in [1.807, 2.05) is 27.7 Å². The molecule has 4 heteroatoms. The predicted octanol–water partition coefficient (Wildman–Crippen LogP) is 2.54. The Kier molecular flexibility index (Phi) is 28.2. The number of rotatable bonds is 7. The summed E-state index contributed by atoms with van der Waals surface area (Å²) in [7, 11) is 6.26. The fourth-order valence-electron chi connectivity index (χ4n) is 0.991. The Labute approximate surface area is 115 Å². The minimum Gasteiger partial charge on any atom is -0.382 e. The van der Waals surface area contributed by atoms with E-state index in [-0.39, 0.29) is 0 Å². The zero-order valence-corrected chi connectivity index (χ0v) is 14.0. The van der Waals surface area contributed by atoms with E-state index in [0.29, 0.717) is 0 Å². The van der Waals surface area contributed by atoms with Crippen LogP contribution in [-0.4, -0.2) is 70.6 Å². The van der Waals surface area contributed by atoms with Crippen molar-refractivity contribution >= 4 is 0 Å². The summed E-state index contributed by atoms with van der Waals surface area (Å²) in [5.41, 5.74) is 0. The van der Waals surface area contributed by atoms with Gasteiger partial charge in [-0.05, 0) is 55.4 Å². The zero-order chi connectivity index (χ0) is 14.8. The Bertz CT molecular complexity index is 112. The van der Waals surface area contributed by atoms with Gasteiger partial charge >= 0.3 is 0 Å². The van der Waals surface area contributed by atoms with Crippen molar-refractivity contribution in [2.75, 3.05) is 60.8 Å². The molecule has 18 heavy (non-hydrogen) atoms. The van der Waals surface area contributed by atoms with Crippen LogP contribution in [0, 0.1) is 0 Å². The van der Waals surface area contributed by atoms with Crippen LogP contribution >= 0.6 is 0 Å². The fraction of sp³-hybridized carbons (Fsp3) is 1.00. The first-order valence-corrected chi connectivity index (χ1v) is 6.98. The summed E-state index contributed by atoms with van der Waals surface area (Å²) in [6.45, 7) is 15.7. The minimum absolute atomic E-state index is 0.844. The molecule has 0 aromatic carbocycles. The molecule has 0 aliphatic heterocycles. The van der Waals surface area contributed by atoms with E-state index in [1.54, 1.807) is 0 Å². The lowest BCUT2D eigenvalue weighted by molar-refractivity contribution is 0.162. The highest BCUT2D eigenvalue weighted by molar-refractivity contribution is 4.41. The van der Waals surface area contributed by atoms with E-state index in [2.05, 4.69) is 37.9 Å². The third-order valence-electron chi connectivity index (χ3n) is 1.88. The standard InChI is InChI=1S/C6H16N2.2C4H10O/c1-5-8(4)6-7(2)3;2*1-3-5-4-2/h5-6H2,1-4H3;2*3-4H2,1-2H3. The molecule has 114 valence electrons. The number of ether oxygens (including phenoxy) is 2. The number of hydrogen-bond donors (Lipinski definition) is 0. The quantitative estimate of drug-likeness (QED) is 0.660. The first-order chi connectivity index (χ1) is 8.49. The monoisotopic (exact) mass is 264 g/mol. The summed E-state index contributed by atoms with van der Waals surface area (Å²) in [4.78, 5) is 4.41. The molecule has 0 saturated carbocycles. The van der Waals surface area contributed by atoms with Crippen molar-refractivity contribution in [3.63, 3.8) is 0 Å². The number of hydrogen-bond acceptors (Lipinski definition) is 4. The van der Waals surface area contributed by atoms with Crippen LogP contribution < -0.4 is 0 Å². The van der Waals surface area contributed by atoms with Crippen molar-refractivity contribution in [1.82, 2.24) is 9.80 Å². The lowest BCUT2D eigenvalue weighted by Gasteiger charge is -2.18. The van der Waals surface area contributed by atoms with Gasteiger partial charge in [0.1, 0.15) is 0 Å². The normalized spacial score (nSPS) is 9.67. The molecule has 0 N–H and O–H groups in total. The first-order valence-electron chi connectivity index (χ1n) is 6.98. The van der Waals surface area contributed by atoms with Crippen LogP contribution in [-0.2, 0) is 9.47 Å². The maximum Gasteiger partial charge on any atom is 0.0497 e. The summed E-state index contributed by atoms with van der Waals surface area (Å²) >= 11 is 0. The highest BCUT2D eigenvalue weighted by atomic mass is 16.5. The second kappa shape index (κ2) is 22.1. The van der Waals surface area contributed by atoms with Crippen LogP contribution in [0.25, 0.3) is 0 Å². The molecule has 0 bridgehead atoms. The van der Waals surface area contributed by atoms with Gasteiger partial charge in [-0.25, -0.2) is 0 Å². The van der Waals surface area contributed by atoms with Gasteiger partial charge in [-0.1, -0.05) is 6.92 Å². The van der Waals surface area contributed by atoms with Gasteiger partial charge in [0.25, 0.3) is 0 Å². The van der Waals surface area contributed by atoms with E-state index in [9.17, 15) is 0 Å². The fourth-order valence-corrected chi connectivity index (χ4v) is 0.991. The Balaban J connectivity index is -0.000000197. The molecule has 4 nitrogen and oxygen atoms in total. The van der Waals surface area contributed by atoms with Crippen LogP contribution in [0.3, 0.4) is 0 Å². The van der Waals surface area contributed by atoms with Crippen LogP contribution in [0.2, 0.25) is 0 Å². The van der Waals surface area contributed by atoms with Crippen LogP contribution in [0.5, 0.6) is 0 Å². The van der Waals surface area contributed by atoms with Crippen LogP contribution in [0.4, 0.5) is 0 Å². The third-order valence-corrected chi connectivity index (χ3v) is 1.88. The molecule has 0 atom stereocenters. The second-order valence-electron chi connectivity index (χ2n) is 3.96. The average molecular weight is 264 g/mol. The van der Waals surface area contributed by atoms with E-state index in [4.69, 9.17) is 9.47 Å². The molecule has 0 heterocycles. The Morgan fingerprint density at radius 1 is 0.667 bits per heavy atom. The van der Waals surface area contributed by atoms with Crippen LogP contribution in [0.1, 0.15) is 34.6 Å². The summed E-state index contributed by atoms with van der Waals surface area (Å²) in [5, 5.41) is 0. The largest absolute Gasteiger partial charge is 0.382 e. The molecule has 0 spiro atoms. The van der Waals surface area contributed by atoms with Gasteiger partial charge in [0.2, 0.25) is 0 Å². The van der Waals surface area contributed by atoms with E-state index < -0.39 is 0 Å². The molecule has 0 saturated heterocycles. The minimum atomic E-state index is 0.844. The Morgan fingerprint density at radius 3 is 1.06 bits per heavy atom. The van der Waals surface area contributed by atoms with E-state index in [1.165, 1.54) is 0 Å². The first kappa shape index (κ1) is 23.0. The lowest BCUT2D eigenvalue weighted by Crippen LogP contribution is -2.29. The van der Waals surface area contributed by atoms with Gasteiger partial charge in [0.15, 0.2) is 0 Å². The highest BCUT2D eigenvalue weighted by Gasteiger charge is 1.92. The average Bonchev–Trinajstić information content (AvgIpc) is 2.32. The lowest BCUT2D eigenvalue weighted by atomic mass is 10.6. The van der Waals surface area contributed by atoms with Gasteiger partial charge in [-0.2, -0.15) is 0 Å². The number of nitrogens with zero attached hydrogens (tertiary/aromatic N) is 2. The Hall–Kier alpha value is -0.160. The molecule has 0 aromatic rings. The smallest absolute Gasteiger partial charge is 0.0497 e. The molecule has 0 amide bonds. The van der Waals surface area contributed by atoms with Crippen molar-refractivity contribution in [2.45, 2.75) is 34.6 Å². The van der Waals surface area contributed by atoms with Gasteiger partial charge in [-0.15, -0.1) is 0 Å². The summed E-state index contributed by atoms with van der Waals surface area (Å²) in [5.74, 6) is 0. The molecule has 0 unspecified atom stereocenters. The van der Waals surface area contributed by atoms with Crippen molar-refractivity contribution in [2.24, 2.45) is 0 Å². The molecular formula is C14H36N2O2. The molecular weight excluding hydrogens is 228 g/mol. The molecule has 0 radical (unpaired) electrons. The summed E-state index contributed by atoms with van der Waals surface area (Å²) < 4.78 is 9.67. The molecule has 0 aliphatic rings. The topological polar surface area (TPSA) is 24.9 Å². The SMILES string of the molecule is CCN(C)CN(C)C.CCOCC.CCOCC. The molecule has 0 aliphatic carbocycles. The van der Waals surface area contributed by atoms with Crippen LogP contribution in [0.15, 0.2) is 0 Å². The molecule has 0 aromatic heterocycles. The third kappa shape index (κ3) is 36.0. The van der Waals surface area contributed by atoms with E-state index >= 15 is 0 Å². The van der Waals surface area contributed by atoms with Crippen molar-refractivity contribution in [3.05, 3.63) is 0 Å². The van der Waals surface area contributed by atoms with Gasteiger partial charge < -0.3 is 9.47 Å². The zero-order valence-electron chi connectivity index (χ0n) is 14.0.